The van der Waals surface area contributed by atoms with Crippen LogP contribution in [0.15, 0.2) is 6.20 Å². The average Bonchev–Trinajstić information content (AvgIpc) is 3.07. The minimum Gasteiger partial charge on any atom is -0.462 e. The maximum absolute atomic E-state index is 12.7. The summed E-state index contributed by atoms with van der Waals surface area (Å²) < 4.78 is 11.7. The van der Waals surface area contributed by atoms with Crippen molar-refractivity contribution >= 4 is 18.0 Å². The molecule has 0 aliphatic heterocycles. The third-order valence-electron chi connectivity index (χ3n) is 5.63. The lowest BCUT2D eigenvalue weighted by Crippen LogP contribution is -2.48. The molecule has 10 nitrogen and oxygen atoms in total. The van der Waals surface area contributed by atoms with E-state index in [2.05, 4.69) is 25.7 Å². The third kappa shape index (κ3) is 4.95. The lowest BCUT2D eigenvalue weighted by Gasteiger charge is -2.32. The number of nitrogens with zero attached hydrogens (tertiary/aromatic N) is 4. The van der Waals surface area contributed by atoms with E-state index in [1.165, 1.54) is 7.11 Å². The molecule has 0 unspecified atom stereocenters. The van der Waals surface area contributed by atoms with Gasteiger partial charge in [-0.2, -0.15) is 5.10 Å². The molecule has 3 rings (SSSR count). The molecule has 168 valence electrons. The molecule has 0 spiro atoms. The molecule has 1 aliphatic rings. The van der Waals surface area contributed by atoms with Crippen LogP contribution in [0.25, 0.3) is 11.3 Å². The van der Waals surface area contributed by atoms with Crippen molar-refractivity contribution in [2.24, 2.45) is 7.05 Å². The van der Waals surface area contributed by atoms with E-state index in [9.17, 15) is 9.59 Å². The fourth-order valence-corrected chi connectivity index (χ4v) is 3.86. The van der Waals surface area contributed by atoms with Crippen LogP contribution in [0.5, 0.6) is 0 Å². The Kier molecular flexibility index (Phi) is 7.09. The van der Waals surface area contributed by atoms with Gasteiger partial charge in [-0.3, -0.25) is 4.68 Å². The lowest BCUT2D eigenvalue weighted by atomic mass is 9.90. The largest absolute Gasteiger partial charge is 0.462 e. The van der Waals surface area contributed by atoms with Crippen molar-refractivity contribution in [1.82, 2.24) is 25.1 Å². The minimum absolute atomic E-state index is 0.0523. The minimum atomic E-state index is -0.465. The first kappa shape index (κ1) is 22.5. The number of hydrogen-bond donors (Lipinski definition) is 2. The molecular weight excluding hydrogens is 400 g/mol. The second kappa shape index (κ2) is 9.76. The lowest BCUT2D eigenvalue weighted by molar-refractivity contribution is 0.0525. The molecule has 0 bridgehead atoms. The zero-order valence-electron chi connectivity index (χ0n) is 18.7. The normalized spacial score (nSPS) is 18.4. The molecule has 1 fully saturated rings. The first-order valence-corrected chi connectivity index (χ1v) is 10.5. The zero-order valence-corrected chi connectivity index (χ0v) is 18.7. The molecule has 0 radical (unpaired) electrons. The SMILES string of the molecule is CCOC(=O)c1c(C)nc(N[C@@H]2CCCC[C@@H]2NC(=O)OC)nc1-c1cnn(C)c1C. The highest BCUT2D eigenvalue weighted by molar-refractivity contribution is 5.97. The van der Waals surface area contributed by atoms with E-state index < -0.39 is 12.1 Å². The second-order valence-electron chi connectivity index (χ2n) is 7.62. The summed E-state index contributed by atoms with van der Waals surface area (Å²) in [6.45, 7) is 5.70. The van der Waals surface area contributed by atoms with Crippen LogP contribution in [0.3, 0.4) is 0 Å². The van der Waals surface area contributed by atoms with Crippen molar-refractivity contribution in [1.29, 1.82) is 0 Å². The van der Waals surface area contributed by atoms with Gasteiger partial charge >= 0.3 is 12.1 Å². The van der Waals surface area contributed by atoms with E-state index in [0.717, 1.165) is 36.9 Å². The summed E-state index contributed by atoms with van der Waals surface area (Å²) in [5.74, 6) is -0.0694. The molecule has 1 saturated carbocycles. The van der Waals surface area contributed by atoms with Crippen molar-refractivity contribution in [2.45, 2.75) is 58.5 Å². The van der Waals surface area contributed by atoms with Gasteiger partial charge in [-0.1, -0.05) is 12.8 Å². The number of amides is 1. The van der Waals surface area contributed by atoms with Gasteiger partial charge in [0.25, 0.3) is 0 Å². The summed E-state index contributed by atoms with van der Waals surface area (Å²) in [5.41, 5.74) is 2.94. The van der Waals surface area contributed by atoms with E-state index in [1.54, 1.807) is 24.7 Å². The Morgan fingerprint density at radius 2 is 1.90 bits per heavy atom. The Morgan fingerprint density at radius 3 is 2.52 bits per heavy atom. The molecule has 1 aliphatic carbocycles. The van der Waals surface area contributed by atoms with Gasteiger partial charge in [-0.05, 0) is 33.6 Å². The van der Waals surface area contributed by atoms with E-state index in [-0.39, 0.29) is 18.7 Å². The van der Waals surface area contributed by atoms with Crippen LogP contribution in [-0.4, -0.2) is 57.6 Å². The van der Waals surface area contributed by atoms with Gasteiger partial charge in [0.05, 0.1) is 37.3 Å². The van der Waals surface area contributed by atoms with Crippen LogP contribution in [0.4, 0.5) is 10.7 Å². The number of ether oxygens (including phenoxy) is 2. The summed E-state index contributed by atoms with van der Waals surface area (Å²) >= 11 is 0. The molecule has 31 heavy (non-hydrogen) atoms. The number of esters is 1. The Morgan fingerprint density at radius 1 is 1.19 bits per heavy atom. The van der Waals surface area contributed by atoms with Crippen LogP contribution < -0.4 is 10.6 Å². The first-order chi connectivity index (χ1) is 14.8. The first-order valence-electron chi connectivity index (χ1n) is 10.5. The van der Waals surface area contributed by atoms with Crippen molar-refractivity contribution in [3.8, 4) is 11.3 Å². The summed E-state index contributed by atoms with van der Waals surface area (Å²) in [4.78, 5) is 33.6. The smallest absolute Gasteiger partial charge is 0.407 e. The van der Waals surface area contributed by atoms with E-state index in [0.29, 0.717) is 22.9 Å². The highest BCUT2D eigenvalue weighted by Gasteiger charge is 2.29. The topological polar surface area (TPSA) is 120 Å². The summed E-state index contributed by atoms with van der Waals surface area (Å²) in [5, 5.41) is 10.5. The van der Waals surface area contributed by atoms with E-state index in [1.807, 2.05) is 14.0 Å². The van der Waals surface area contributed by atoms with Crippen LogP contribution in [0.1, 0.15) is 54.4 Å². The Bertz CT molecular complexity index is 958. The molecule has 2 heterocycles. The molecule has 0 aromatic carbocycles. The standard InChI is InChI=1S/C21H30N6O4/c1-6-31-19(28)17-12(2)23-20(26-18(17)14-11-22-27(4)13(14)3)24-15-9-7-8-10-16(15)25-21(29)30-5/h11,15-16H,6-10H2,1-5H3,(H,25,29)(H,23,24,26)/t15-,16+/m1/s1. The van der Waals surface area contributed by atoms with Crippen LogP contribution >= 0.6 is 0 Å². The summed E-state index contributed by atoms with van der Waals surface area (Å²) in [7, 11) is 3.19. The van der Waals surface area contributed by atoms with Gasteiger partial charge < -0.3 is 20.1 Å². The molecule has 10 heteroatoms. The van der Waals surface area contributed by atoms with Crippen LogP contribution in [-0.2, 0) is 16.5 Å². The monoisotopic (exact) mass is 430 g/mol. The molecule has 1 amide bonds. The fraction of sp³-hybridized carbons (Fsp3) is 0.571. The van der Waals surface area contributed by atoms with Crippen molar-refractivity contribution in [3.05, 3.63) is 23.1 Å². The van der Waals surface area contributed by atoms with Crippen LogP contribution in [0, 0.1) is 13.8 Å². The average molecular weight is 431 g/mol. The number of anilines is 1. The molecule has 2 atom stereocenters. The third-order valence-corrected chi connectivity index (χ3v) is 5.63. The van der Waals surface area contributed by atoms with Crippen molar-refractivity contribution in [3.63, 3.8) is 0 Å². The van der Waals surface area contributed by atoms with Crippen LogP contribution in [0.2, 0.25) is 0 Å². The number of aromatic nitrogens is 4. The Labute approximate surface area is 181 Å². The molecule has 0 saturated heterocycles. The predicted octanol–water partition coefficient (Wildman–Crippen LogP) is 2.75. The Hall–Kier alpha value is -3.17. The predicted molar refractivity (Wildman–Crippen MR) is 115 cm³/mol. The second-order valence-corrected chi connectivity index (χ2v) is 7.62. The number of nitrogens with one attached hydrogen (secondary N) is 2. The van der Waals surface area contributed by atoms with E-state index in [4.69, 9.17) is 9.47 Å². The number of methoxy groups -OCH3 is 1. The fourth-order valence-electron chi connectivity index (χ4n) is 3.86. The number of aryl methyl sites for hydroxylation is 2. The number of alkyl carbamates (subject to hydrolysis) is 1. The van der Waals surface area contributed by atoms with Gasteiger partial charge in [0, 0.05) is 24.3 Å². The zero-order chi connectivity index (χ0) is 22.5. The Balaban J connectivity index is 1.99. The maximum Gasteiger partial charge on any atom is 0.407 e. The maximum atomic E-state index is 12.7. The van der Waals surface area contributed by atoms with Gasteiger partial charge in [0.15, 0.2) is 0 Å². The van der Waals surface area contributed by atoms with Gasteiger partial charge in [0.2, 0.25) is 5.95 Å². The summed E-state index contributed by atoms with van der Waals surface area (Å²) in [6, 6.07) is -0.151. The van der Waals surface area contributed by atoms with Crippen molar-refractivity contribution < 1.29 is 19.1 Å². The van der Waals surface area contributed by atoms with Gasteiger partial charge in [0.1, 0.15) is 5.56 Å². The number of hydrogen-bond acceptors (Lipinski definition) is 8. The highest BCUT2D eigenvalue weighted by Crippen LogP contribution is 2.29. The van der Waals surface area contributed by atoms with E-state index >= 15 is 0 Å². The summed E-state index contributed by atoms with van der Waals surface area (Å²) in [6.07, 6.45) is 4.98. The molecule has 2 N–H and O–H groups in total. The van der Waals surface area contributed by atoms with Gasteiger partial charge in [-0.15, -0.1) is 0 Å². The highest BCUT2D eigenvalue weighted by atomic mass is 16.5. The number of rotatable bonds is 6. The number of carbonyl (C=O) groups is 2. The molecule has 2 aromatic heterocycles. The molecular formula is C21H30N6O4. The quantitative estimate of drug-likeness (QED) is 0.671. The van der Waals surface area contributed by atoms with Gasteiger partial charge in [-0.25, -0.2) is 19.6 Å². The van der Waals surface area contributed by atoms with Crippen molar-refractivity contribution in [2.75, 3.05) is 19.0 Å². The number of carbonyl (C=O) groups excluding carboxylic acids is 2. The molecule has 2 aromatic rings.